The minimum Gasteiger partial charge on any atom is -0.354 e. The second-order valence-corrected chi connectivity index (χ2v) is 4.06. The number of carbonyl (C=O) groups is 1. The third-order valence-corrected chi connectivity index (χ3v) is 3.08. The molecule has 0 atom stereocenters. The Bertz CT molecular complexity index is 401. The first-order chi connectivity index (χ1) is 8.26. The zero-order valence-corrected chi connectivity index (χ0v) is 10.2. The molecule has 1 amide bonds. The van der Waals surface area contributed by atoms with Gasteiger partial charge in [-0.15, -0.1) is 0 Å². The summed E-state index contributed by atoms with van der Waals surface area (Å²) in [4.78, 5) is 14.0. The number of benzene rings is 1. The van der Waals surface area contributed by atoms with Crippen molar-refractivity contribution in [2.45, 2.75) is 12.7 Å². The molecule has 92 valence electrons. The lowest BCUT2D eigenvalue weighted by molar-refractivity contribution is -0.112. The van der Waals surface area contributed by atoms with E-state index in [0.29, 0.717) is 6.54 Å². The van der Waals surface area contributed by atoms with Gasteiger partial charge in [0.05, 0.1) is 6.54 Å². The fourth-order valence-electron chi connectivity index (χ4n) is 2.07. The Balaban J connectivity index is 2.12. The van der Waals surface area contributed by atoms with Crippen LogP contribution in [0.1, 0.15) is 15.9 Å². The lowest BCUT2D eigenvalue weighted by Crippen LogP contribution is -2.43. The third kappa shape index (κ3) is 2.48. The van der Waals surface area contributed by atoms with Crippen molar-refractivity contribution in [1.29, 1.82) is 0 Å². The lowest BCUT2D eigenvalue weighted by Gasteiger charge is -2.30. The van der Waals surface area contributed by atoms with Crippen LogP contribution in [-0.4, -0.2) is 44.4 Å². The van der Waals surface area contributed by atoms with E-state index in [4.69, 9.17) is 9.47 Å². The van der Waals surface area contributed by atoms with Crippen LogP contribution >= 0.6 is 0 Å². The molecule has 4 nitrogen and oxygen atoms in total. The molecule has 2 rings (SSSR count). The van der Waals surface area contributed by atoms with Crippen molar-refractivity contribution in [2.24, 2.45) is 0 Å². The van der Waals surface area contributed by atoms with Gasteiger partial charge in [-0.05, 0) is 18.1 Å². The Hall–Kier alpha value is -1.39. The fraction of sp³-hybridized carbons (Fsp3) is 0.462. The van der Waals surface area contributed by atoms with E-state index in [9.17, 15) is 4.79 Å². The van der Waals surface area contributed by atoms with Crippen LogP contribution in [0.15, 0.2) is 24.3 Å². The Morgan fingerprint density at radius 2 is 2.00 bits per heavy atom. The number of nitrogens with zero attached hydrogens (tertiary/aromatic N) is 1. The summed E-state index contributed by atoms with van der Waals surface area (Å²) in [5, 5.41) is 0. The summed E-state index contributed by atoms with van der Waals surface area (Å²) in [6.45, 7) is 1.19. The Labute approximate surface area is 101 Å². The summed E-state index contributed by atoms with van der Waals surface area (Å²) >= 11 is 0. The molecule has 1 aliphatic heterocycles. The molecule has 1 aliphatic rings. The highest BCUT2D eigenvalue weighted by Gasteiger charge is 2.25. The van der Waals surface area contributed by atoms with Crippen LogP contribution in [0.25, 0.3) is 0 Å². The number of fused-ring (bicyclic) bond motifs is 1. The van der Waals surface area contributed by atoms with E-state index in [-0.39, 0.29) is 12.2 Å². The van der Waals surface area contributed by atoms with Crippen molar-refractivity contribution in [3.8, 4) is 0 Å². The number of rotatable bonds is 4. The van der Waals surface area contributed by atoms with Crippen molar-refractivity contribution >= 4 is 5.91 Å². The molecular weight excluding hydrogens is 218 g/mol. The van der Waals surface area contributed by atoms with Gasteiger partial charge >= 0.3 is 0 Å². The van der Waals surface area contributed by atoms with Crippen LogP contribution in [0, 0.1) is 0 Å². The van der Waals surface area contributed by atoms with Gasteiger partial charge in [-0.2, -0.15) is 0 Å². The van der Waals surface area contributed by atoms with E-state index in [1.54, 1.807) is 19.1 Å². The van der Waals surface area contributed by atoms with Crippen LogP contribution in [0.2, 0.25) is 0 Å². The minimum absolute atomic E-state index is 0.0611. The highest BCUT2D eigenvalue weighted by molar-refractivity contribution is 5.96. The van der Waals surface area contributed by atoms with Crippen molar-refractivity contribution in [3.05, 3.63) is 35.4 Å². The highest BCUT2D eigenvalue weighted by Crippen LogP contribution is 2.18. The standard InChI is InChI=1S/C13H17NO3/c1-16-12(17-2)9-14-8-7-10-5-3-4-6-11(10)13(14)15/h3-6,12H,7-9H2,1-2H3. The zero-order chi connectivity index (χ0) is 12.3. The van der Waals surface area contributed by atoms with Gasteiger partial charge in [-0.3, -0.25) is 4.79 Å². The average Bonchev–Trinajstić information content (AvgIpc) is 2.38. The van der Waals surface area contributed by atoms with E-state index in [1.165, 1.54) is 0 Å². The summed E-state index contributed by atoms with van der Waals surface area (Å²) in [6.07, 6.45) is 0.534. The molecule has 0 aliphatic carbocycles. The molecule has 0 saturated carbocycles. The molecular formula is C13H17NO3. The molecule has 1 aromatic carbocycles. The van der Waals surface area contributed by atoms with Gasteiger partial charge < -0.3 is 14.4 Å². The molecule has 0 bridgehead atoms. The molecule has 0 radical (unpaired) electrons. The maximum absolute atomic E-state index is 12.2. The lowest BCUT2D eigenvalue weighted by atomic mass is 9.99. The largest absolute Gasteiger partial charge is 0.354 e. The molecule has 0 spiro atoms. The van der Waals surface area contributed by atoms with Gasteiger partial charge in [0.1, 0.15) is 0 Å². The van der Waals surface area contributed by atoms with Crippen molar-refractivity contribution in [2.75, 3.05) is 27.3 Å². The molecule has 0 saturated heterocycles. The molecule has 17 heavy (non-hydrogen) atoms. The molecule has 0 fully saturated rings. The van der Waals surface area contributed by atoms with Crippen LogP contribution in [0.3, 0.4) is 0 Å². The Morgan fingerprint density at radius 3 is 2.71 bits per heavy atom. The smallest absolute Gasteiger partial charge is 0.254 e. The third-order valence-electron chi connectivity index (χ3n) is 3.08. The van der Waals surface area contributed by atoms with Crippen molar-refractivity contribution in [3.63, 3.8) is 0 Å². The molecule has 0 aromatic heterocycles. The van der Waals surface area contributed by atoms with E-state index in [2.05, 4.69) is 0 Å². The van der Waals surface area contributed by atoms with Crippen LogP contribution in [0.4, 0.5) is 0 Å². The second kappa shape index (κ2) is 5.29. The first-order valence-electron chi connectivity index (χ1n) is 5.69. The van der Waals surface area contributed by atoms with Gasteiger partial charge in [-0.1, -0.05) is 18.2 Å². The first kappa shape index (κ1) is 12.1. The molecule has 0 N–H and O–H groups in total. The first-order valence-corrected chi connectivity index (χ1v) is 5.69. The van der Waals surface area contributed by atoms with E-state index in [1.807, 2.05) is 24.3 Å². The SMILES string of the molecule is COC(CN1CCc2ccccc2C1=O)OC. The van der Waals surface area contributed by atoms with Crippen LogP contribution in [-0.2, 0) is 15.9 Å². The predicted octanol–water partition coefficient (Wildman–Crippen LogP) is 1.30. The Kier molecular flexibility index (Phi) is 3.76. The second-order valence-electron chi connectivity index (χ2n) is 4.06. The molecule has 0 unspecified atom stereocenters. The number of hydrogen-bond acceptors (Lipinski definition) is 3. The summed E-state index contributed by atoms with van der Waals surface area (Å²) in [5.41, 5.74) is 1.92. The number of amides is 1. The Morgan fingerprint density at radius 1 is 1.29 bits per heavy atom. The summed E-state index contributed by atoms with van der Waals surface area (Å²) in [6, 6.07) is 7.74. The van der Waals surface area contributed by atoms with Crippen molar-refractivity contribution in [1.82, 2.24) is 4.90 Å². The monoisotopic (exact) mass is 235 g/mol. The minimum atomic E-state index is -0.357. The average molecular weight is 235 g/mol. The summed E-state index contributed by atoms with van der Waals surface area (Å²) in [7, 11) is 3.16. The van der Waals surface area contributed by atoms with Crippen molar-refractivity contribution < 1.29 is 14.3 Å². The van der Waals surface area contributed by atoms with Gasteiger partial charge in [0.2, 0.25) is 0 Å². The summed E-state index contributed by atoms with van der Waals surface area (Å²) in [5.74, 6) is 0.0611. The number of carbonyl (C=O) groups excluding carboxylic acids is 1. The molecule has 1 aromatic rings. The van der Waals surface area contributed by atoms with Gasteiger partial charge in [0, 0.05) is 26.3 Å². The highest BCUT2D eigenvalue weighted by atomic mass is 16.7. The van der Waals surface area contributed by atoms with Gasteiger partial charge in [0.25, 0.3) is 5.91 Å². The quantitative estimate of drug-likeness (QED) is 0.738. The van der Waals surface area contributed by atoms with Gasteiger partial charge in [0.15, 0.2) is 6.29 Å². The maximum Gasteiger partial charge on any atom is 0.254 e. The zero-order valence-electron chi connectivity index (χ0n) is 10.2. The van der Waals surface area contributed by atoms with Crippen LogP contribution in [0.5, 0.6) is 0 Å². The molecule has 1 heterocycles. The van der Waals surface area contributed by atoms with Gasteiger partial charge in [-0.25, -0.2) is 0 Å². The fourth-order valence-corrected chi connectivity index (χ4v) is 2.07. The topological polar surface area (TPSA) is 38.8 Å². The normalized spacial score (nSPS) is 15.2. The van der Waals surface area contributed by atoms with E-state index >= 15 is 0 Å². The molecule has 4 heteroatoms. The van der Waals surface area contributed by atoms with E-state index in [0.717, 1.165) is 24.1 Å². The predicted molar refractivity (Wildman–Crippen MR) is 63.9 cm³/mol. The number of ether oxygens (including phenoxy) is 2. The number of methoxy groups -OCH3 is 2. The van der Waals surface area contributed by atoms with Crippen LogP contribution < -0.4 is 0 Å². The van der Waals surface area contributed by atoms with E-state index < -0.39 is 0 Å². The summed E-state index contributed by atoms with van der Waals surface area (Å²) < 4.78 is 10.2. The maximum atomic E-state index is 12.2. The number of hydrogen-bond donors (Lipinski definition) is 0.